The third kappa shape index (κ3) is 2.68. The van der Waals surface area contributed by atoms with E-state index in [1.165, 1.54) is 0 Å². The minimum atomic E-state index is 0.640. The summed E-state index contributed by atoms with van der Waals surface area (Å²) >= 11 is 0. The Labute approximate surface area is 101 Å². The normalized spacial score (nSPS) is 10.9. The van der Waals surface area contributed by atoms with Crippen LogP contribution in [0.5, 0.6) is 0 Å². The number of nitrogens with one attached hydrogen (secondary N) is 1. The molecule has 5 heteroatoms. The van der Waals surface area contributed by atoms with Gasteiger partial charge < -0.3 is 20.4 Å². The van der Waals surface area contributed by atoms with Crippen LogP contribution in [0.25, 0.3) is 11.1 Å². The molecule has 2 rings (SSSR count). The first kappa shape index (κ1) is 11.7. The molecule has 17 heavy (non-hydrogen) atoms. The van der Waals surface area contributed by atoms with E-state index in [0.717, 1.165) is 30.6 Å². The average molecular weight is 234 g/mol. The zero-order valence-electron chi connectivity index (χ0n) is 10.2. The van der Waals surface area contributed by atoms with Crippen LogP contribution < -0.4 is 16.0 Å². The number of nitrogen functional groups attached to an aromatic ring is 1. The molecule has 0 amide bonds. The van der Waals surface area contributed by atoms with Crippen molar-refractivity contribution in [2.24, 2.45) is 0 Å². The van der Waals surface area contributed by atoms with Gasteiger partial charge in [-0.3, -0.25) is 0 Å². The first-order valence-corrected chi connectivity index (χ1v) is 5.72. The lowest BCUT2D eigenvalue weighted by Gasteiger charge is -2.13. The molecule has 0 aliphatic rings. The highest BCUT2D eigenvalue weighted by Gasteiger charge is 2.09. The number of benzene rings is 1. The van der Waals surface area contributed by atoms with Gasteiger partial charge in [0.15, 0.2) is 5.58 Å². The Morgan fingerprint density at radius 2 is 2.29 bits per heavy atom. The van der Waals surface area contributed by atoms with E-state index in [1.807, 2.05) is 31.1 Å². The Morgan fingerprint density at radius 3 is 3.06 bits per heavy atom. The third-order valence-corrected chi connectivity index (χ3v) is 2.65. The number of aromatic nitrogens is 1. The van der Waals surface area contributed by atoms with Gasteiger partial charge >= 0.3 is 0 Å². The lowest BCUT2D eigenvalue weighted by molar-refractivity contribution is 0.575. The largest absolute Gasteiger partial charge is 0.423 e. The van der Waals surface area contributed by atoms with Gasteiger partial charge in [-0.05, 0) is 32.1 Å². The summed E-state index contributed by atoms with van der Waals surface area (Å²) < 4.78 is 5.66. The molecule has 0 radical (unpaired) electrons. The van der Waals surface area contributed by atoms with E-state index in [1.54, 1.807) is 6.07 Å². The first-order chi connectivity index (χ1) is 8.20. The summed E-state index contributed by atoms with van der Waals surface area (Å²) in [6, 6.07) is 6.14. The number of hydrogen-bond donors (Lipinski definition) is 2. The topological polar surface area (TPSA) is 67.3 Å². The SMILES string of the molecule is CNCCCN(C)c1nc2ccc(N)cc2o1. The van der Waals surface area contributed by atoms with Crippen molar-refractivity contribution in [1.82, 2.24) is 10.3 Å². The predicted octanol–water partition coefficient (Wildman–Crippen LogP) is 1.46. The minimum Gasteiger partial charge on any atom is -0.423 e. The van der Waals surface area contributed by atoms with Crippen LogP contribution in [0.15, 0.2) is 22.6 Å². The second-order valence-corrected chi connectivity index (χ2v) is 4.10. The van der Waals surface area contributed by atoms with E-state index in [9.17, 15) is 0 Å². The van der Waals surface area contributed by atoms with Gasteiger partial charge in [0.25, 0.3) is 6.01 Å². The second-order valence-electron chi connectivity index (χ2n) is 4.10. The van der Waals surface area contributed by atoms with Crippen LogP contribution >= 0.6 is 0 Å². The highest BCUT2D eigenvalue weighted by molar-refractivity contribution is 5.78. The zero-order chi connectivity index (χ0) is 12.3. The average Bonchev–Trinajstić information content (AvgIpc) is 2.72. The van der Waals surface area contributed by atoms with Crippen LogP contribution in [0.2, 0.25) is 0 Å². The zero-order valence-corrected chi connectivity index (χ0v) is 10.2. The summed E-state index contributed by atoms with van der Waals surface area (Å²) in [6.45, 7) is 1.89. The van der Waals surface area contributed by atoms with Crippen LogP contribution in [0.3, 0.4) is 0 Å². The smallest absolute Gasteiger partial charge is 0.298 e. The molecule has 1 aromatic carbocycles. The monoisotopic (exact) mass is 234 g/mol. The molecule has 1 aromatic heterocycles. The Kier molecular flexibility index (Phi) is 3.49. The van der Waals surface area contributed by atoms with Crippen molar-refractivity contribution in [2.45, 2.75) is 6.42 Å². The molecular formula is C12H18N4O. The maximum absolute atomic E-state index is 5.70. The number of hydrogen-bond acceptors (Lipinski definition) is 5. The van der Waals surface area contributed by atoms with Crippen molar-refractivity contribution in [3.8, 4) is 0 Å². The summed E-state index contributed by atoms with van der Waals surface area (Å²) in [5.74, 6) is 0. The fourth-order valence-electron chi connectivity index (χ4n) is 1.68. The molecule has 0 unspecified atom stereocenters. The van der Waals surface area contributed by atoms with Crippen LogP contribution in [0.4, 0.5) is 11.7 Å². The highest BCUT2D eigenvalue weighted by Crippen LogP contribution is 2.22. The second kappa shape index (κ2) is 5.05. The standard InChI is InChI=1S/C12H18N4O/c1-14-6-3-7-16(2)12-15-10-5-4-9(13)8-11(10)17-12/h4-5,8,14H,3,6-7,13H2,1-2H3. The number of rotatable bonds is 5. The van der Waals surface area contributed by atoms with Crippen molar-refractivity contribution in [3.05, 3.63) is 18.2 Å². The lowest BCUT2D eigenvalue weighted by atomic mass is 10.3. The number of fused-ring (bicyclic) bond motifs is 1. The number of oxazole rings is 1. The molecule has 1 heterocycles. The van der Waals surface area contributed by atoms with Gasteiger partial charge in [0, 0.05) is 25.3 Å². The summed E-state index contributed by atoms with van der Waals surface area (Å²) in [5, 5.41) is 3.11. The Morgan fingerprint density at radius 1 is 1.47 bits per heavy atom. The maximum Gasteiger partial charge on any atom is 0.298 e. The van der Waals surface area contributed by atoms with E-state index in [2.05, 4.69) is 10.3 Å². The molecule has 0 bridgehead atoms. The van der Waals surface area contributed by atoms with E-state index >= 15 is 0 Å². The van der Waals surface area contributed by atoms with Crippen LogP contribution in [-0.2, 0) is 0 Å². The Balaban J connectivity index is 2.12. The summed E-state index contributed by atoms with van der Waals surface area (Å²) in [4.78, 5) is 6.42. The molecule has 0 spiro atoms. The van der Waals surface area contributed by atoms with Gasteiger partial charge in [0.05, 0.1) is 0 Å². The van der Waals surface area contributed by atoms with Crippen LogP contribution in [0, 0.1) is 0 Å². The summed E-state index contributed by atoms with van der Waals surface area (Å²) in [6.07, 6.45) is 1.05. The Hall–Kier alpha value is -1.75. The Bertz CT molecular complexity index is 494. The van der Waals surface area contributed by atoms with Crippen molar-refractivity contribution in [1.29, 1.82) is 0 Å². The quantitative estimate of drug-likeness (QED) is 0.605. The third-order valence-electron chi connectivity index (χ3n) is 2.65. The van der Waals surface area contributed by atoms with E-state index in [-0.39, 0.29) is 0 Å². The highest BCUT2D eigenvalue weighted by atomic mass is 16.4. The van der Waals surface area contributed by atoms with Crippen molar-refractivity contribution in [3.63, 3.8) is 0 Å². The van der Waals surface area contributed by atoms with Gasteiger partial charge in [-0.1, -0.05) is 0 Å². The van der Waals surface area contributed by atoms with Crippen molar-refractivity contribution in [2.75, 3.05) is 37.8 Å². The van der Waals surface area contributed by atoms with E-state index in [0.29, 0.717) is 11.7 Å². The number of anilines is 2. The maximum atomic E-state index is 5.70. The molecule has 3 N–H and O–H groups in total. The van der Waals surface area contributed by atoms with E-state index in [4.69, 9.17) is 10.2 Å². The molecule has 92 valence electrons. The number of nitrogens with two attached hydrogens (primary N) is 1. The van der Waals surface area contributed by atoms with Crippen LogP contribution in [0.1, 0.15) is 6.42 Å². The minimum absolute atomic E-state index is 0.640. The molecule has 2 aromatic rings. The summed E-state index contributed by atoms with van der Waals surface area (Å²) in [7, 11) is 3.92. The number of nitrogens with zero attached hydrogens (tertiary/aromatic N) is 2. The molecular weight excluding hydrogens is 216 g/mol. The van der Waals surface area contributed by atoms with Gasteiger partial charge in [0.2, 0.25) is 0 Å². The predicted molar refractivity (Wildman–Crippen MR) is 70.2 cm³/mol. The van der Waals surface area contributed by atoms with Gasteiger partial charge in [-0.25, -0.2) is 0 Å². The molecule has 0 aliphatic heterocycles. The van der Waals surface area contributed by atoms with Gasteiger partial charge in [-0.15, -0.1) is 0 Å². The fourth-order valence-corrected chi connectivity index (χ4v) is 1.68. The molecule has 0 saturated carbocycles. The molecule has 0 fully saturated rings. The van der Waals surface area contributed by atoms with Crippen molar-refractivity contribution >= 4 is 22.8 Å². The van der Waals surface area contributed by atoms with Gasteiger partial charge in [-0.2, -0.15) is 4.98 Å². The molecule has 0 aliphatic carbocycles. The van der Waals surface area contributed by atoms with Crippen LogP contribution in [-0.4, -0.2) is 32.2 Å². The van der Waals surface area contributed by atoms with Crippen molar-refractivity contribution < 1.29 is 4.42 Å². The summed E-state index contributed by atoms with van der Waals surface area (Å²) in [5.41, 5.74) is 7.97. The van der Waals surface area contributed by atoms with E-state index < -0.39 is 0 Å². The fraction of sp³-hybridized carbons (Fsp3) is 0.417. The molecule has 5 nitrogen and oxygen atoms in total. The molecule has 0 atom stereocenters. The van der Waals surface area contributed by atoms with Gasteiger partial charge in [0.1, 0.15) is 5.52 Å². The lowest BCUT2D eigenvalue weighted by Crippen LogP contribution is -2.22. The first-order valence-electron chi connectivity index (χ1n) is 5.72. The molecule has 0 saturated heterocycles.